The number of piperidine rings is 1. The number of amides is 1. The molecular formula is C22H27ClN2O3S. The average Bonchev–Trinajstić information content (AvgIpc) is 2.69. The van der Waals surface area contributed by atoms with Crippen LogP contribution in [0.25, 0.3) is 0 Å². The lowest BCUT2D eigenvalue weighted by Crippen LogP contribution is -2.39. The zero-order valence-corrected chi connectivity index (χ0v) is 18.8. The largest absolute Gasteiger partial charge is 0.311 e. The van der Waals surface area contributed by atoms with Gasteiger partial charge in [0, 0.05) is 31.4 Å². The molecule has 1 atom stereocenters. The van der Waals surface area contributed by atoms with Gasteiger partial charge in [0.05, 0.1) is 5.02 Å². The smallest absolute Gasteiger partial charge is 0.258 e. The van der Waals surface area contributed by atoms with Crippen LogP contribution in [-0.4, -0.2) is 38.8 Å². The molecule has 0 radical (unpaired) electrons. The van der Waals surface area contributed by atoms with Crippen molar-refractivity contribution < 1.29 is 13.2 Å². The van der Waals surface area contributed by atoms with Gasteiger partial charge >= 0.3 is 0 Å². The van der Waals surface area contributed by atoms with E-state index in [9.17, 15) is 13.2 Å². The number of nitrogens with zero attached hydrogens (tertiary/aromatic N) is 2. The van der Waals surface area contributed by atoms with Crippen LogP contribution in [0, 0.1) is 19.8 Å². The van der Waals surface area contributed by atoms with Gasteiger partial charge in [0.1, 0.15) is 4.90 Å². The van der Waals surface area contributed by atoms with Crippen molar-refractivity contribution >= 4 is 33.2 Å². The summed E-state index contributed by atoms with van der Waals surface area (Å²) in [4.78, 5) is 14.6. The number of halogens is 1. The molecule has 0 saturated carbocycles. The van der Waals surface area contributed by atoms with Gasteiger partial charge in [-0.3, -0.25) is 4.79 Å². The third-order valence-corrected chi connectivity index (χ3v) is 8.00. The van der Waals surface area contributed by atoms with E-state index >= 15 is 0 Å². The van der Waals surface area contributed by atoms with Crippen molar-refractivity contribution in [2.24, 2.45) is 5.92 Å². The quantitative estimate of drug-likeness (QED) is 0.703. The van der Waals surface area contributed by atoms with Gasteiger partial charge in [-0.25, -0.2) is 8.42 Å². The minimum absolute atomic E-state index is 0.00604. The molecule has 1 aliphatic rings. The Morgan fingerprint density at radius 1 is 1.21 bits per heavy atom. The number of hydrogen-bond acceptors (Lipinski definition) is 3. The first kappa shape index (κ1) is 21.8. The maximum Gasteiger partial charge on any atom is 0.258 e. The predicted molar refractivity (Wildman–Crippen MR) is 117 cm³/mol. The Labute approximate surface area is 178 Å². The van der Waals surface area contributed by atoms with Crippen LogP contribution in [0.3, 0.4) is 0 Å². The first-order valence-electron chi connectivity index (χ1n) is 9.77. The van der Waals surface area contributed by atoms with Crippen molar-refractivity contribution in [1.82, 2.24) is 4.31 Å². The molecule has 2 aromatic rings. The van der Waals surface area contributed by atoms with Crippen LogP contribution in [0.15, 0.2) is 41.3 Å². The first-order chi connectivity index (χ1) is 13.6. The third-order valence-electron chi connectivity index (χ3n) is 5.66. The van der Waals surface area contributed by atoms with Gasteiger partial charge in [-0.1, -0.05) is 30.7 Å². The van der Waals surface area contributed by atoms with Crippen molar-refractivity contribution in [2.45, 2.75) is 38.5 Å². The Bertz CT molecular complexity index is 1040. The van der Waals surface area contributed by atoms with Crippen LogP contribution in [0.1, 0.15) is 41.3 Å². The molecule has 0 N–H and O–H groups in total. The zero-order valence-electron chi connectivity index (χ0n) is 17.3. The maximum atomic E-state index is 13.2. The van der Waals surface area contributed by atoms with Crippen LogP contribution in [0.5, 0.6) is 0 Å². The summed E-state index contributed by atoms with van der Waals surface area (Å²) in [6.45, 7) is 6.94. The monoisotopic (exact) mass is 434 g/mol. The van der Waals surface area contributed by atoms with Crippen LogP contribution in [0.4, 0.5) is 5.69 Å². The van der Waals surface area contributed by atoms with E-state index in [0.717, 1.165) is 29.7 Å². The lowest BCUT2D eigenvalue weighted by atomic mass is 10.0. The van der Waals surface area contributed by atoms with Crippen molar-refractivity contribution in [3.63, 3.8) is 0 Å². The van der Waals surface area contributed by atoms with Crippen LogP contribution in [-0.2, 0) is 10.0 Å². The second kappa shape index (κ2) is 8.46. The number of sulfonamides is 1. The molecule has 0 aliphatic carbocycles. The van der Waals surface area contributed by atoms with E-state index in [2.05, 4.69) is 0 Å². The molecule has 1 amide bonds. The molecule has 156 valence electrons. The average molecular weight is 435 g/mol. The van der Waals surface area contributed by atoms with Crippen molar-refractivity contribution in [3.05, 3.63) is 58.1 Å². The summed E-state index contributed by atoms with van der Waals surface area (Å²) in [5.41, 5.74) is 3.17. The summed E-state index contributed by atoms with van der Waals surface area (Å²) >= 11 is 6.25. The molecule has 0 bridgehead atoms. The normalized spacial score (nSPS) is 17.9. The highest BCUT2D eigenvalue weighted by atomic mass is 35.5. The molecule has 1 saturated heterocycles. The second-order valence-corrected chi connectivity index (χ2v) is 10.2. The van der Waals surface area contributed by atoms with Crippen LogP contribution >= 0.6 is 11.6 Å². The summed E-state index contributed by atoms with van der Waals surface area (Å²) in [5, 5.41) is 0.133. The SMILES string of the molecule is Cc1cccc(N(C)C(=O)c2ccc(Cl)c(S(=O)(=O)N3CCCC(C)C3)c2)c1C. The van der Waals surface area contributed by atoms with E-state index in [1.54, 1.807) is 18.0 Å². The number of aryl methyl sites for hydroxylation is 1. The highest BCUT2D eigenvalue weighted by Crippen LogP contribution is 2.30. The minimum Gasteiger partial charge on any atom is -0.311 e. The van der Waals surface area contributed by atoms with Gasteiger partial charge in [0.2, 0.25) is 10.0 Å². The molecule has 0 spiro atoms. The second-order valence-electron chi connectivity index (χ2n) is 7.84. The van der Waals surface area contributed by atoms with Gasteiger partial charge in [-0.15, -0.1) is 0 Å². The Hall–Kier alpha value is -1.89. The van der Waals surface area contributed by atoms with E-state index in [4.69, 9.17) is 11.6 Å². The minimum atomic E-state index is -3.76. The van der Waals surface area contributed by atoms with Gasteiger partial charge in [0.15, 0.2) is 0 Å². The zero-order chi connectivity index (χ0) is 21.3. The number of carbonyl (C=O) groups is 1. The molecule has 1 unspecified atom stereocenters. The molecule has 2 aromatic carbocycles. The first-order valence-corrected chi connectivity index (χ1v) is 11.6. The van der Waals surface area contributed by atoms with Gasteiger partial charge in [-0.2, -0.15) is 4.31 Å². The molecule has 0 aromatic heterocycles. The third kappa shape index (κ3) is 4.34. The van der Waals surface area contributed by atoms with Crippen LogP contribution in [0.2, 0.25) is 5.02 Å². The molecule has 5 nitrogen and oxygen atoms in total. The summed E-state index contributed by atoms with van der Waals surface area (Å²) < 4.78 is 27.8. The number of benzene rings is 2. The number of anilines is 1. The Kier molecular flexibility index (Phi) is 6.36. The molecule has 3 rings (SSSR count). The molecular weight excluding hydrogens is 408 g/mol. The Balaban J connectivity index is 1.96. The highest BCUT2D eigenvalue weighted by molar-refractivity contribution is 7.89. The predicted octanol–water partition coefficient (Wildman–Crippen LogP) is 4.65. The van der Waals surface area contributed by atoms with Crippen molar-refractivity contribution in [3.8, 4) is 0 Å². The molecule has 7 heteroatoms. The molecule has 1 fully saturated rings. The Morgan fingerprint density at radius 2 is 1.93 bits per heavy atom. The van der Waals surface area contributed by atoms with Gasteiger partial charge < -0.3 is 4.90 Å². The maximum absolute atomic E-state index is 13.2. The Morgan fingerprint density at radius 3 is 2.62 bits per heavy atom. The fraction of sp³-hybridized carbons (Fsp3) is 0.409. The van der Waals surface area contributed by atoms with E-state index < -0.39 is 10.0 Å². The van der Waals surface area contributed by atoms with Gasteiger partial charge in [0.25, 0.3) is 5.91 Å². The van der Waals surface area contributed by atoms with E-state index in [-0.39, 0.29) is 15.8 Å². The number of rotatable bonds is 4. The van der Waals surface area contributed by atoms with Crippen molar-refractivity contribution in [1.29, 1.82) is 0 Å². The van der Waals surface area contributed by atoms with E-state index in [1.807, 2.05) is 39.0 Å². The molecule has 1 aliphatic heterocycles. The number of carbonyl (C=O) groups excluding carboxylic acids is 1. The topological polar surface area (TPSA) is 57.7 Å². The van der Waals surface area contributed by atoms with E-state index in [0.29, 0.717) is 24.6 Å². The fourth-order valence-electron chi connectivity index (χ4n) is 3.74. The fourth-order valence-corrected chi connectivity index (χ4v) is 5.84. The van der Waals surface area contributed by atoms with Gasteiger partial charge in [-0.05, 0) is 68.0 Å². The lowest BCUT2D eigenvalue weighted by molar-refractivity contribution is 0.0992. The molecule has 29 heavy (non-hydrogen) atoms. The number of hydrogen-bond donors (Lipinski definition) is 0. The summed E-state index contributed by atoms with van der Waals surface area (Å²) in [6.07, 6.45) is 1.84. The molecule has 1 heterocycles. The summed E-state index contributed by atoms with van der Waals surface area (Å²) in [5.74, 6) is 0.0244. The van der Waals surface area contributed by atoms with Crippen molar-refractivity contribution in [2.75, 3.05) is 25.0 Å². The lowest BCUT2D eigenvalue weighted by Gasteiger charge is -2.30. The van der Waals surface area contributed by atoms with E-state index in [1.165, 1.54) is 16.4 Å². The van der Waals surface area contributed by atoms with Crippen LogP contribution < -0.4 is 4.90 Å². The standard InChI is InChI=1S/C22H27ClN2O3S/c1-15-7-6-12-25(14-15)29(27,28)21-13-18(10-11-19(21)23)22(26)24(4)20-9-5-8-16(2)17(20)3/h5,8-11,13,15H,6-7,12,14H2,1-4H3. The summed E-state index contributed by atoms with van der Waals surface area (Å²) in [7, 11) is -2.06. The highest BCUT2D eigenvalue weighted by Gasteiger charge is 2.31. The summed E-state index contributed by atoms with van der Waals surface area (Å²) in [6, 6.07) is 10.2.